The predicted molar refractivity (Wildman–Crippen MR) is 102 cm³/mol. The summed E-state index contributed by atoms with van der Waals surface area (Å²) < 4.78 is 5.23. The quantitative estimate of drug-likeness (QED) is 0.790. The number of hydrogen-bond donors (Lipinski definition) is 1. The molecule has 0 saturated carbocycles. The van der Waals surface area contributed by atoms with Gasteiger partial charge in [0.05, 0.1) is 19.3 Å². The molecular weight excluding hydrogens is 346 g/mol. The molecule has 1 fully saturated rings. The second-order valence-corrected chi connectivity index (χ2v) is 7.08. The van der Waals surface area contributed by atoms with E-state index >= 15 is 0 Å². The third-order valence-electron chi connectivity index (χ3n) is 4.64. The maximum absolute atomic E-state index is 9.14. The molecule has 0 radical (unpaired) electrons. The van der Waals surface area contributed by atoms with Gasteiger partial charge in [0.15, 0.2) is 0 Å². The Morgan fingerprint density at radius 2 is 1.96 bits per heavy atom. The summed E-state index contributed by atoms with van der Waals surface area (Å²) in [4.78, 5) is 26.5. The number of ether oxygens (including phenoxy) is 1. The average Bonchev–Trinajstić information content (AvgIpc) is 2.67. The van der Waals surface area contributed by atoms with E-state index in [-0.39, 0.29) is 12.1 Å². The number of piperazine rings is 1. The Hall–Kier alpha value is -2.55. The van der Waals surface area contributed by atoms with Crippen LogP contribution in [0.2, 0.25) is 0 Å². The summed E-state index contributed by atoms with van der Waals surface area (Å²) in [6, 6.07) is 2.26. The molecule has 1 N–H and O–H groups in total. The lowest BCUT2D eigenvalue weighted by Gasteiger charge is -2.47. The summed E-state index contributed by atoms with van der Waals surface area (Å²) in [6.45, 7) is 8.68. The van der Waals surface area contributed by atoms with Gasteiger partial charge >= 0.3 is 6.01 Å². The molecule has 0 bridgehead atoms. The minimum atomic E-state index is -0.185. The van der Waals surface area contributed by atoms with Gasteiger partial charge in [-0.15, -0.1) is 0 Å². The Bertz CT molecular complexity index is 762. The zero-order valence-corrected chi connectivity index (χ0v) is 16.4. The molecular formula is C18H27N7O2. The van der Waals surface area contributed by atoms with E-state index in [9.17, 15) is 0 Å². The summed E-state index contributed by atoms with van der Waals surface area (Å²) in [5.74, 6) is 2.90. The zero-order valence-electron chi connectivity index (χ0n) is 16.4. The van der Waals surface area contributed by atoms with Crippen molar-refractivity contribution in [2.75, 3.05) is 43.2 Å². The summed E-state index contributed by atoms with van der Waals surface area (Å²) in [6.07, 6.45) is 2.93. The molecule has 0 spiro atoms. The van der Waals surface area contributed by atoms with Gasteiger partial charge in [-0.3, -0.25) is 0 Å². The maximum atomic E-state index is 9.14. The Labute approximate surface area is 159 Å². The first-order chi connectivity index (χ1) is 13.0. The van der Waals surface area contributed by atoms with Gasteiger partial charge in [-0.1, -0.05) is 6.92 Å². The van der Waals surface area contributed by atoms with Crippen molar-refractivity contribution in [3.8, 4) is 6.01 Å². The van der Waals surface area contributed by atoms with Gasteiger partial charge < -0.3 is 19.6 Å². The van der Waals surface area contributed by atoms with Gasteiger partial charge in [-0.2, -0.15) is 15.0 Å². The highest BCUT2D eigenvalue weighted by Crippen LogP contribution is 2.28. The van der Waals surface area contributed by atoms with Gasteiger partial charge in [-0.25, -0.2) is 9.97 Å². The number of rotatable bonds is 6. The Balaban J connectivity index is 1.82. The van der Waals surface area contributed by atoms with Crippen LogP contribution in [0.3, 0.4) is 0 Å². The molecule has 2 aromatic heterocycles. The maximum Gasteiger partial charge on any atom is 0.321 e. The van der Waals surface area contributed by atoms with Gasteiger partial charge in [-0.05, 0) is 19.9 Å². The van der Waals surface area contributed by atoms with Crippen LogP contribution in [0.1, 0.15) is 32.4 Å². The number of aliphatic hydroxyl groups is 1. The molecule has 27 heavy (non-hydrogen) atoms. The largest absolute Gasteiger partial charge is 0.467 e. The Morgan fingerprint density at radius 3 is 2.63 bits per heavy atom. The lowest BCUT2D eigenvalue weighted by molar-refractivity contribution is 0.296. The minimum Gasteiger partial charge on any atom is -0.467 e. The smallest absolute Gasteiger partial charge is 0.321 e. The number of anilines is 2. The summed E-state index contributed by atoms with van der Waals surface area (Å²) in [7, 11) is 1.57. The van der Waals surface area contributed by atoms with E-state index in [0.29, 0.717) is 24.2 Å². The van der Waals surface area contributed by atoms with E-state index in [2.05, 4.69) is 48.6 Å². The van der Waals surface area contributed by atoms with E-state index in [1.54, 1.807) is 13.3 Å². The van der Waals surface area contributed by atoms with Crippen molar-refractivity contribution >= 4 is 11.8 Å². The molecule has 9 nitrogen and oxygen atoms in total. The van der Waals surface area contributed by atoms with Gasteiger partial charge in [0.25, 0.3) is 0 Å². The van der Waals surface area contributed by atoms with Crippen molar-refractivity contribution in [2.45, 2.75) is 39.2 Å². The van der Waals surface area contributed by atoms with Crippen molar-refractivity contribution in [1.29, 1.82) is 0 Å². The van der Waals surface area contributed by atoms with E-state index in [1.807, 2.05) is 13.0 Å². The van der Waals surface area contributed by atoms with Crippen molar-refractivity contribution in [3.63, 3.8) is 0 Å². The second-order valence-electron chi connectivity index (χ2n) is 7.08. The molecule has 3 heterocycles. The highest BCUT2D eigenvalue weighted by Gasteiger charge is 2.36. The fourth-order valence-electron chi connectivity index (χ4n) is 3.29. The van der Waals surface area contributed by atoms with Crippen LogP contribution in [0, 0.1) is 0 Å². The number of nitrogens with zero attached hydrogens (tertiary/aromatic N) is 7. The lowest BCUT2D eigenvalue weighted by Crippen LogP contribution is -2.60. The lowest BCUT2D eigenvalue weighted by atomic mass is 9.99. The number of hydrogen-bond acceptors (Lipinski definition) is 9. The number of aromatic nitrogens is 5. The molecule has 0 atom stereocenters. The summed E-state index contributed by atoms with van der Waals surface area (Å²) in [5, 5.41) is 9.14. The molecule has 1 aliphatic rings. The van der Waals surface area contributed by atoms with Crippen LogP contribution in [0.15, 0.2) is 12.3 Å². The first kappa shape index (κ1) is 19.2. The van der Waals surface area contributed by atoms with Crippen LogP contribution in [-0.2, 0) is 12.8 Å². The van der Waals surface area contributed by atoms with E-state index < -0.39 is 0 Å². The Morgan fingerprint density at radius 1 is 1.15 bits per heavy atom. The molecule has 3 rings (SSSR count). The molecule has 0 unspecified atom stereocenters. The average molecular weight is 373 g/mol. The fourth-order valence-corrected chi connectivity index (χ4v) is 3.29. The van der Waals surface area contributed by atoms with E-state index in [4.69, 9.17) is 9.84 Å². The third kappa shape index (κ3) is 4.24. The monoisotopic (exact) mass is 373 g/mol. The van der Waals surface area contributed by atoms with E-state index in [0.717, 1.165) is 37.7 Å². The minimum absolute atomic E-state index is 0.0433. The Kier molecular flexibility index (Phi) is 5.69. The predicted octanol–water partition coefficient (Wildman–Crippen LogP) is 0.873. The van der Waals surface area contributed by atoms with Gasteiger partial charge in [0.2, 0.25) is 5.95 Å². The molecule has 0 aliphatic carbocycles. The normalized spacial score (nSPS) is 16.5. The van der Waals surface area contributed by atoms with Crippen LogP contribution in [0.5, 0.6) is 6.01 Å². The molecule has 1 saturated heterocycles. The van der Waals surface area contributed by atoms with Crippen LogP contribution in [0.4, 0.5) is 11.8 Å². The molecule has 2 aromatic rings. The molecule has 146 valence electrons. The van der Waals surface area contributed by atoms with E-state index in [1.165, 1.54) is 0 Å². The fraction of sp³-hybridized carbons (Fsp3) is 0.611. The number of methoxy groups -OCH3 is 1. The topological polar surface area (TPSA) is 100 Å². The molecule has 0 amide bonds. The standard InChI is InChI=1S/C18H27N7O2/c1-5-13-21-16(23-17(22-13)27-4)24-9-10-25(18(2,3)12-24)15-6-8-19-14(20-15)7-11-26/h6,8,26H,5,7,9-12H2,1-4H3. The molecule has 0 aromatic carbocycles. The summed E-state index contributed by atoms with van der Waals surface area (Å²) in [5.41, 5.74) is -0.185. The third-order valence-corrected chi connectivity index (χ3v) is 4.64. The van der Waals surface area contributed by atoms with Crippen molar-refractivity contribution in [1.82, 2.24) is 24.9 Å². The molecule has 9 heteroatoms. The van der Waals surface area contributed by atoms with Crippen LogP contribution in [0.25, 0.3) is 0 Å². The highest BCUT2D eigenvalue weighted by atomic mass is 16.5. The summed E-state index contributed by atoms with van der Waals surface area (Å²) >= 11 is 0. The van der Waals surface area contributed by atoms with Crippen molar-refractivity contribution in [2.24, 2.45) is 0 Å². The van der Waals surface area contributed by atoms with Crippen LogP contribution in [-0.4, -0.2) is 68.9 Å². The van der Waals surface area contributed by atoms with Gasteiger partial charge in [0, 0.05) is 38.7 Å². The van der Waals surface area contributed by atoms with Gasteiger partial charge in [0.1, 0.15) is 17.5 Å². The van der Waals surface area contributed by atoms with Crippen LogP contribution >= 0.6 is 0 Å². The first-order valence-electron chi connectivity index (χ1n) is 9.21. The SMILES string of the molecule is CCc1nc(OC)nc(N2CCN(c3ccnc(CCO)n3)C(C)(C)C2)n1. The number of aryl methyl sites for hydroxylation is 1. The molecule has 1 aliphatic heterocycles. The zero-order chi connectivity index (χ0) is 19.4. The second kappa shape index (κ2) is 7.99. The highest BCUT2D eigenvalue weighted by molar-refractivity contribution is 5.46. The number of aliphatic hydroxyl groups excluding tert-OH is 1. The van der Waals surface area contributed by atoms with Crippen molar-refractivity contribution < 1.29 is 9.84 Å². The van der Waals surface area contributed by atoms with Crippen LogP contribution < -0.4 is 14.5 Å². The van der Waals surface area contributed by atoms with Crippen molar-refractivity contribution in [3.05, 3.63) is 23.9 Å². The first-order valence-corrected chi connectivity index (χ1v) is 9.21.